The molecule has 34 heavy (non-hydrogen) atoms. The van der Waals surface area contributed by atoms with Gasteiger partial charge < -0.3 is 24.3 Å². The normalized spacial score (nSPS) is 16.4. The standard InChI is InChI=1S/C25H28N4O4S/c1-28-9-8-26-24(28)23(16-10-19(32-2)14-20(11-16)33-3)27-25(31)17-12-22(30)29(15-17)18-6-5-7-21(13-18)34-4/h5-11,13-14,17,23H,12,15H2,1-4H3,(H,27,31)/t17-,23+/m0/s1. The molecule has 0 spiro atoms. The van der Waals surface area contributed by atoms with E-state index in [0.717, 1.165) is 16.1 Å². The molecular formula is C25H28N4O4S. The highest BCUT2D eigenvalue weighted by Gasteiger charge is 2.36. The number of imidazole rings is 1. The van der Waals surface area contributed by atoms with Crippen molar-refractivity contribution in [3.05, 3.63) is 66.2 Å². The van der Waals surface area contributed by atoms with Crippen LogP contribution >= 0.6 is 11.8 Å². The molecule has 3 aromatic rings. The monoisotopic (exact) mass is 480 g/mol. The van der Waals surface area contributed by atoms with E-state index in [4.69, 9.17) is 9.47 Å². The highest BCUT2D eigenvalue weighted by Crippen LogP contribution is 2.32. The zero-order chi connectivity index (χ0) is 24.2. The van der Waals surface area contributed by atoms with Crippen molar-refractivity contribution >= 4 is 29.3 Å². The summed E-state index contributed by atoms with van der Waals surface area (Å²) in [4.78, 5) is 33.4. The number of ether oxygens (including phenoxy) is 2. The number of carbonyl (C=O) groups is 2. The highest BCUT2D eigenvalue weighted by molar-refractivity contribution is 7.98. The molecule has 0 aliphatic carbocycles. The van der Waals surface area contributed by atoms with Crippen molar-refractivity contribution < 1.29 is 19.1 Å². The van der Waals surface area contributed by atoms with Gasteiger partial charge in [0.25, 0.3) is 0 Å². The minimum Gasteiger partial charge on any atom is -0.497 e. The fourth-order valence-electron chi connectivity index (χ4n) is 4.12. The SMILES string of the molecule is COc1cc(OC)cc([C@@H](NC(=O)[C@H]2CC(=O)N(c3cccc(SC)c3)C2)c2nccn2C)c1. The van der Waals surface area contributed by atoms with Crippen molar-refractivity contribution in [2.75, 3.05) is 31.9 Å². The third-order valence-corrected chi connectivity index (χ3v) is 6.70. The number of anilines is 1. The van der Waals surface area contributed by atoms with Crippen LogP contribution in [0.15, 0.2) is 59.8 Å². The van der Waals surface area contributed by atoms with E-state index >= 15 is 0 Å². The highest BCUT2D eigenvalue weighted by atomic mass is 32.2. The Morgan fingerprint density at radius 1 is 1.18 bits per heavy atom. The zero-order valence-corrected chi connectivity index (χ0v) is 20.5. The van der Waals surface area contributed by atoms with Gasteiger partial charge >= 0.3 is 0 Å². The van der Waals surface area contributed by atoms with Crippen molar-refractivity contribution in [2.24, 2.45) is 13.0 Å². The van der Waals surface area contributed by atoms with E-state index in [1.807, 2.05) is 60.5 Å². The van der Waals surface area contributed by atoms with E-state index in [-0.39, 0.29) is 18.2 Å². The first-order valence-corrected chi connectivity index (χ1v) is 12.1. The summed E-state index contributed by atoms with van der Waals surface area (Å²) in [6, 6.07) is 12.7. The fraction of sp³-hybridized carbons (Fsp3) is 0.320. The maximum Gasteiger partial charge on any atom is 0.227 e. The Kier molecular flexibility index (Phi) is 7.12. The van der Waals surface area contributed by atoms with Crippen molar-refractivity contribution in [1.29, 1.82) is 0 Å². The molecule has 1 aliphatic heterocycles. The fourth-order valence-corrected chi connectivity index (χ4v) is 4.57. The molecule has 1 saturated heterocycles. The number of methoxy groups -OCH3 is 2. The topological polar surface area (TPSA) is 85.7 Å². The Labute approximate surface area is 203 Å². The molecule has 1 fully saturated rings. The van der Waals surface area contributed by atoms with E-state index < -0.39 is 12.0 Å². The Morgan fingerprint density at radius 3 is 2.53 bits per heavy atom. The summed E-state index contributed by atoms with van der Waals surface area (Å²) in [7, 11) is 5.04. The van der Waals surface area contributed by atoms with Crippen LogP contribution in [-0.4, -0.2) is 48.4 Å². The Bertz CT molecular complexity index is 1170. The summed E-state index contributed by atoms with van der Waals surface area (Å²) < 4.78 is 12.7. The summed E-state index contributed by atoms with van der Waals surface area (Å²) >= 11 is 1.61. The molecule has 2 heterocycles. The lowest BCUT2D eigenvalue weighted by molar-refractivity contribution is -0.126. The predicted octanol–water partition coefficient (Wildman–Crippen LogP) is 3.42. The summed E-state index contributed by atoms with van der Waals surface area (Å²) in [5.41, 5.74) is 1.58. The summed E-state index contributed by atoms with van der Waals surface area (Å²) in [6.07, 6.45) is 5.66. The first-order chi connectivity index (χ1) is 16.4. The van der Waals surface area contributed by atoms with Gasteiger partial charge in [-0.2, -0.15) is 0 Å². The molecule has 4 rings (SSSR count). The molecule has 1 N–H and O–H groups in total. The predicted molar refractivity (Wildman–Crippen MR) is 131 cm³/mol. The second-order valence-corrected chi connectivity index (χ2v) is 8.97. The zero-order valence-electron chi connectivity index (χ0n) is 19.6. The molecular weight excluding hydrogens is 452 g/mol. The molecule has 0 saturated carbocycles. The van der Waals surface area contributed by atoms with Gasteiger partial charge in [0.15, 0.2) is 0 Å². The van der Waals surface area contributed by atoms with Gasteiger partial charge in [0.1, 0.15) is 23.4 Å². The molecule has 0 radical (unpaired) electrons. The van der Waals surface area contributed by atoms with Gasteiger partial charge in [-0.25, -0.2) is 4.98 Å². The molecule has 2 aromatic carbocycles. The summed E-state index contributed by atoms with van der Waals surface area (Å²) in [6.45, 7) is 0.331. The summed E-state index contributed by atoms with van der Waals surface area (Å²) in [5, 5.41) is 3.12. The number of rotatable bonds is 8. The average molecular weight is 481 g/mol. The first-order valence-electron chi connectivity index (χ1n) is 10.9. The van der Waals surface area contributed by atoms with Crippen molar-refractivity contribution in [3.63, 3.8) is 0 Å². The van der Waals surface area contributed by atoms with Crippen LogP contribution in [0.1, 0.15) is 23.9 Å². The maximum atomic E-state index is 13.4. The van der Waals surface area contributed by atoms with Crippen LogP contribution in [0.3, 0.4) is 0 Å². The van der Waals surface area contributed by atoms with Crippen LogP contribution in [0, 0.1) is 5.92 Å². The van der Waals surface area contributed by atoms with Crippen molar-refractivity contribution in [1.82, 2.24) is 14.9 Å². The third-order valence-electron chi connectivity index (χ3n) is 5.97. The second kappa shape index (κ2) is 10.2. The van der Waals surface area contributed by atoms with Crippen LogP contribution in [0.5, 0.6) is 11.5 Å². The average Bonchev–Trinajstić information content (AvgIpc) is 3.47. The third kappa shape index (κ3) is 4.89. The van der Waals surface area contributed by atoms with Crippen LogP contribution in [0.2, 0.25) is 0 Å². The number of amides is 2. The number of nitrogens with one attached hydrogen (secondary N) is 1. The smallest absolute Gasteiger partial charge is 0.227 e. The molecule has 2 amide bonds. The van der Waals surface area contributed by atoms with E-state index in [0.29, 0.717) is 23.9 Å². The minimum atomic E-state index is -0.541. The quantitative estimate of drug-likeness (QED) is 0.498. The van der Waals surface area contributed by atoms with Gasteiger partial charge in [-0.3, -0.25) is 9.59 Å². The van der Waals surface area contributed by atoms with Gasteiger partial charge in [-0.1, -0.05) is 6.07 Å². The molecule has 1 aromatic heterocycles. The van der Waals surface area contributed by atoms with E-state index in [9.17, 15) is 9.59 Å². The number of hydrogen-bond acceptors (Lipinski definition) is 6. The lowest BCUT2D eigenvalue weighted by Gasteiger charge is -2.22. The molecule has 0 unspecified atom stereocenters. The van der Waals surface area contributed by atoms with Crippen LogP contribution in [0.4, 0.5) is 5.69 Å². The molecule has 9 heteroatoms. The van der Waals surface area contributed by atoms with Gasteiger partial charge in [0, 0.05) is 49.1 Å². The lowest BCUT2D eigenvalue weighted by atomic mass is 10.0. The molecule has 1 aliphatic rings. The maximum absolute atomic E-state index is 13.4. The lowest BCUT2D eigenvalue weighted by Crippen LogP contribution is -2.37. The van der Waals surface area contributed by atoms with Crippen LogP contribution in [-0.2, 0) is 16.6 Å². The van der Waals surface area contributed by atoms with E-state index in [1.54, 1.807) is 43.1 Å². The van der Waals surface area contributed by atoms with Gasteiger partial charge in [0.05, 0.1) is 20.1 Å². The Morgan fingerprint density at radius 2 is 1.91 bits per heavy atom. The number of aromatic nitrogens is 2. The van der Waals surface area contributed by atoms with Crippen LogP contribution < -0.4 is 19.7 Å². The van der Waals surface area contributed by atoms with Gasteiger partial charge in [-0.15, -0.1) is 11.8 Å². The van der Waals surface area contributed by atoms with E-state index in [2.05, 4.69) is 10.3 Å². The Hall–Kier alpha value is -3.46. The van der Waals surface area contributed by atoms with Crippen molar-refractivity contribution in [2.45, 2.75) is 17.4 Å². The van der Waals surface area contributed by atoms with Crippen LogP contribution in [0.25, 0.3) is 0 Å². The number of nitrogens with zero attached hydrogens (tertiary/aromatic N) is 3. The molecule has 2 atom stereocenters. The van der Waals surface area contributed by atoms with Crippen molar-refractivity contribution in [3.8, 4) is 11.5 Å². The Balaban J connectivity index is 1.59. The number of thioether (sulfide) groups is 1. The number of benzene rings is 2. The number of carbonyl (C=O) groups excluding carboxylic acids is 2. The molecule has 8 nitrogen and oxygen atoms in total. The number of aryl methyl sites for hydroxylation is 1. The van der Waals surface area contributed by atoms with Gasteiger partial charge in [0.2, 0.25) is 11.8 Å². The molecule has 178 valence electrons. The second-order valence-electron chi connectivity index (χ2n) is 8.09. The molecule has 0 bridgehead atoms. The van der Waals surface area contributed by atoms with Gasteiger partial charge in [-0.05, 0) is 42.2 Å². The first kappa shape index (κ1) is 23.7. The van der Waals surface area contributed by atoms with E-state index in [1.165, 1.54) is 0 Å². The number of hydrogen-bond donors (Lipinski definition) is 1. The largest absolute Gasteiger partial charge is 0.497 e. The minimum absolute atomic E-state index is 0.0602. The summed E-state index contributed by atoms with van der Waals surface area (Å²) in [5.74, 6) is 1.15.